The lowest BCUT2D eigenvalue weighted by atomic mass is 10.1. The van der Waals surface area contributed by atoms with Crippen molar-refractivity contribution in [2.24, 2.45) is 0 Å². The van der Waals surface area contributed by atoms with Gasteiger partial charge in [-0.25, -0.2) is 14.5 Å². The van der Waals surface area contributed by atoms with E-state index in [1.165, 1.54) is 7.11 Å². The summed E-state index contributed by atoms with van der Waals surface area (Å²) in [4.78, 5) is 16.4. The van der Waals surface area contributed by atoms with Gasteiger partial charge >= 0.3 is 5.97 Å². The number of esters is 1. The topological polar surface area (TPSA) is 57.0 Å². The highest BCUT2D eigenvalue weighted by atomic mass is 16.5. The van der Waals surface area contributed by atoms with Gasteiger partial charge in [0.1, 0.15) is 0 Å². The number of para-hydroxylation sites is 1. The molecule has 2 aromatic heterocycles. The van der Waals surface area contributed by atoms with Crippen LogP contribution in [0.4, 0.5) is 0 Å². The number of ether oxygens (including phenoxy) is 1. The molecular weight excluding hydrogens is 266 g/mol. The molecule has 0 aliphatic rings. The maximum Gasteiger partial charge on any atom is 0.338 e. The molecule has 3 aromatic rings. The number of methoxy groups -OCH3 is 1. The Balaban J connectivity index is 2.32. The molecule has 0 bridgehead atoms. The summed E-state index contributed by atoms with van der Waals surface area (Å²) in [6.07, 6.45) is 0. The number of carbonyl (C=O) groups is 1. The number of carbonyl (C=O) groups excluding carboxylic acids is 1. The minimum absolute atomic E-state index is 0.374. The van der Waals surface area contributed by atoms with Gasteiger partial charge in [-0.2, -0.15) is 0 Å². The van der Waals surface area contributed by atoms with Crippen LogP contribution in [0.15, 0.2) is 36.4 Å². The van der Waals surface area contributed by atoms with E-state index in [0.29, 0.717) is 11.2 Å². The minimum atomic E-state index is -0.374. The van der Waals surface area contributed by atoms with Gasteiger partial charge < -0.3 is 4.74 Å². The van der Waals surface area contributed by atoms with Crippen LogP contribution >= 0.6 is 0 Å². The molecule has 21 heavy (non-hydrogen) atoms. The van der Waals surface area contributed by atoms with Crippen molar-refractivity contribution in [3.05, 3.63) is 53.3 Å². The van der Waals surface area contributed by atoms with Gasteiger partial charge in [0.05, 0.1) is 29.4 Å². The third kappa shape index (κ3) is 2.16. The van der Waals surface area contributed by atoms with Gasteiger partial charge in [-0.3, -0.25) is 0 Å². The first-order valence-corrected chi connectivity index (χ1v) is 6.62. The van der Waals surface area contributed by atoms with Crippen LogP contribution in [0.3, 0.4) is 0 Å². The van der Waals surface area contributed by atoms with Crippen molar-refractivity contribution in [1.29, 1.82) is 0 Å². The number of hydrogen-bond acceptors (Lipinski definition) is 4. The van der Waals surface area contributed by atoms with E-state index in [2.05, 4.69) is 10.1 Å². The zero-order chi connectivity index (χ0) is 15.0. The van der Waals surface area contributed by atoms with E-state index < -0.39 is 0 Å². The van der Waals surface area contributed by atoms with Crippen LogP contribution in [0.1, 0.15) is 21.7 Å². The summed E-state index contributed by atoms with van der Waals surface area (Å²) >= 11 is 0. The van der Waals surface area contributed by atoms with Crippen molar-refractivity contribution in [3.63, 3.8) is 0 Å². The van der Waals surface area contributed by atoms with Crippen molar-refractivity contribution in [2.45, 2.75) is 13.8 Å². The second-order valence-corrected chi connectivity index (χ2v) is 4.83. The summed E-state index contributed by atoms with van der Waals surface area (Å²) in [7, 11) is 1.38. The van der Waals surface area contributed by atoms with Crippen LogP contribution in [0.2, 0.25) is 0 Å². The molecule has 0 amide bonds. The molecule has 5 heteroatoms. The third-order valence-electron chi connectivity index (χ3n) is 3.41. The molecule has 106 valence electrons. The first kappa shape index (κ1) is 13.3. The van der Waals surface area contributed by atoms with Crippen LogP contribution in [-0.2, 0) is 4.74 Å². The average Bonchev–Trinajstić information content (AvgIpc) is 2.83. The average molecular weight is 281 g/mol. The summed E-state index contributed by atoms with van der Waals surface area (Å²) in [5.74, 6) is -0.374. The summed E-state index contributed by atoms with van der Waals surface area (Å²) in [5.41, 5.74) is 3.59. The third-order valence-corrected chi connectivity index (χ3v) is 3.41. The monoisotopic (exact) mass is 281 g/mol. The summed E-state index contributed by atoms with van der Waals surface area (Å²) in [6, 6.07) is 11.5. The van der Waals surface area contributed by atoms with E-state index in [4.69, 9.17) is 4.74 Å². The van der Waals surface area contributed by atoms with Gasteiger partial charge in [-0.1, -0.05) is 18.2 Å². The normalized spacial score (nSPS) is 10.8. The largest absolute Gasteiger partial charge is 0.465 e. The van der Waals surface area contributed by atoms with E-state index in [-0.39, 0.29) is 5.97 Å². The molecule has 0 saturated heterocycles. The van der Waals surface area contributed by atoms with Crippen molar-refractivity contribution < 1.29 is 9.53 Å². The summed E-state index contributed by atoms with van der Waals surface area (Å²) in [6.45, 7) is 3.76. The van der Waals surface area contributed by atoms with Gasteiger partial charge in [-0.05, 0) is 32.0 Å². The predicted octanol–water partition coefficient (Wildman–Crippen LogP) is 2.82. The number of hydrogen-bond donors (Lipinski definition) is 0. The highest BCUT2D eigenvalue weighted by molar-refractivity contribution is 6.03. The molecule has 0 aliphatic carbocycles. The van der Waals surface area contributed by atoms with Gasteiger partial charge in [0, 0.05) is 5.69 Å². The lowest BCUT2D eigenvalue weighted by molar-refractivity contribution is 0.0602. The van der Waals surface area contributed by atoms with Crippen molar-refractivity contribution in [2.75, 3.05) is 7.11 Å². The van der Waals surface area contributed by atoms with Crippen LogP contribution in [-0.4, -0.2) is 27.8 Å². The first-order valence-electron chi connectivity index (χ1n) is 6.62. The molecule has 0 spiro atoms. The zero-order valence-electron chi connectivity index (χ0n) is 12.1. The molecule has 0 fully saturated rings. The van der Waals surface area contributed by atoms with Crippen LogP contribution < -0.4 is 0 Å². The molecule has 0 N–H and O–H groups in total. The van der Waals surface area contributed by atoms with Crippen molar-refractivity contribution >= 4 is 17.0 Å². The van der Waals surface area contributed by atoms with E-state index >= 15 is 0 Å². The number of pyridine rings is 1. The van der Waals surface area contributed by atoms with E-state index in [9.17, 15) is 4.79 Å². The highest BCUT2D eigenvalue weighted by Crippen LogP contribution is 2.24. The zero-order valence-corrected chi connectivity index (χ0v) is 12.1. The molecule has 0 saturated carbocycles. The number of aromatic nitrogens is 3. The Morgan fingerprint density at radius 1 is 1.19 bits per heavy atom. The van der Waals surface area contributed by atoms with Crippen LogP contribution in [0, 0.1) is 13.8 Å². The van der Waals surface area contributed by atoms with Gasteiger partial charge in [-0.15, -0.1) is 5.10 Å². The lowest BCUT2D eigenvalue weighted by Crippen LogP contribution is -2.04. The lowest BCUT2D eigenvalue weighted by Gasteiger charge is -2.04. The first-order chi connectivity index (χ1) is 10.1. The molecule has 0 aliphatic heterocycles. The Kier molecular flexibility index (Phi) is 3.17. The maximum atomic E-state index is 12.0. The van der Waals surface area contributed by atoms with Crippen molar-refractivity contribution in [3.8, 4) is 5.69 Å². The van der Waals surface area contributed by atoms with Gasteiger partial charge in [0.2, 0.25) is 0 Å². The van der Waals surface area contributed by atoms with E-state index in [1.54, 1.807) is 10.7 Å². The fraction of sp³-hybridized carbons (Fsp3) is 0.188. The predicted molar refractivity (Wildman–Crippen MR) is 79.7 cm³/mol. The standard InChI is InChI=1S/C16H15N3O2/c1-10-9-13(16(20)21-3)14-11(2)19(18-15(14)17-10)12-7-5-4-6-8-12/h4-9H,1-3H3. The van der Waals surface area contributed by atoms with Gasteiger partial charge in [0.15, 0.2) is 5.65 Å². The smallest absolute Gasteiger partial charge is 0.338 e. The molecule has 0 radical (unpaired) electrons. The SMILES string of the molecule is COC(=O)c1cc(C)nc2nn(-c3ccccc3)c(C)c12. The Hall–Kier alpha value is -2.69. The number of fused-ring (bicyclic) bond motifs is 1. The fourth-order valence-corrected chi connectivity index (χ4v) is 2.45. The molecular formula is C16H15N3O2. The second kappa shape index (κ2) is 5.01. The number of nitrogens with zero attached hydrogens (tertiary/aromatic N) is 3. The molecule has 0 atom stereocenters. The molecule has 3 rings (SSSR count). The van der Waals surface area contributed by atoms with Gasteiger partial charge in [0.25, 0.3) is 0 Å². The summed E-state index contributed by atoms with van der Waals surface area (Å²) < 4.78 is 6.66. The van der Waals surface area contributed by atoms with E-state index in [0.717, 1.165) is 22.5 Å². The number of rotatable bonds is 2. The Labute approximate surface area is 122 Å². The fourth-order valence-electron chi connectivity index (χ4n) is 2.45. The Morgan fingerprint density at radius 2 is 1.90 bits per heavy atom. The second-order valence-electron chi connectivity index (χ2n) is 4.83. The molecule has 5 nitrogen and oxygen atoms in total. The van der Waals surface area contributed by atoms with Crippen LogP contribution in [0.25, 0.3) is 16.7 Å². The van der Waals surface area contributed by atoms with Crippen molar-refractivity contribution in [1.82, 2.24) is 14.8 Å². The number of benzene rings is 1. The minimum Gasteiger partial charge on any atom is -0.465 e. The molecule has 1 aromatic carbocycles. The highest BCUT2D eigenvalue weighted by Gasteiger charge is 2.19. The quantitative estimate of drug-likeness (QED) is 0.678. The molecule has 2 heterocycles. The maximum absolute atomic E-state index is 12.0. The Bertz CT molecular complexity index is 822. The number of aryl methyl sites for hydroxylation is 2. The Morgan fingerprint density at radius 3 is 2.57 bits per heavy atom. The van der Waals surface area contributed by atoms with E-state index in [1.807, 2.05) is 44.2 Å². The van der Waals surface area contributed by atoms with Crippen LogP contribution in [0.5, 0.6) is 0 Å². The summed E-state index contributed by atoms with van der Waals surface area (Å²) in [5, 5.41) is 5.25. The molecule has 0 unspecified atom stereocenters.